The first-order valence-electron chi connectivity index (χ1n) is 27.1. The second-order valence-electron chi connectivity index (χ2n) is 17.8. The monoisotopic (exact) mass is 905 g/mol. The van der Waals surface area contributed by atoms with E-state index in [0.29, 0.717) is 19.3 Å². The van der Waals surface area contributed by atoms with Crippen molar-refractivity contribution in [1.82, 2.24) is 0 Å². The summed E-state index contributed by atoms with van der Waals surface area (Å²) >= 11 is 0. The molecule has 0 aliphatic rings. The van der Waals surface area contributed by atoms with Crippen molar-refractivity contribution in [3.8, 4) is 0 Å². The molecule has 0 N–H and O–H groups in total. The molecule has 0 aromatic heterocycles. The average Bonchev–Trinajstić information content (AvgIpc) is 3.30. The Balaban J connectivity index is 4.50. The number of carbonyl (C=O) groups excluding carboxylic acids is 3. The maximum absolute atomic E-state index is 12.8. The van der Waals surface area contributed by atoms with Crippen LogP contribution in [-0.4, -0.2) is 37.2 Å². The summed E-state index contributed by atoms with van der Waals surface area (Å²) in [4.78, 5) is 38.0. The molecule has 0 rings (SSSR count). The Labute approximate surface area is 401 Å². The van der Waals surface area contributed by atoms with Crippen LogP contribution in [0.5, 0.6) is 0 Å². The van der Waals surface area contributed by atoms with Crippen molar-refractivity contribution in [3.63, 3.8) is 0 Å². The van der Waals surface area contributed by atoms with Crippen LogP contribution in [0.15, 0.2) is 85.1 Å². The predicted molar refractivity (Wildman–Crippen MR) is 279 cm³/mol. The Morgan fingerprint density at radius 1 is 0.323 bits per heavy atom. The van der Waals surface area contributed by atoms with Crippen molar-refractivity contribution in [2.45, 2.75) is 258 Å². The third-order valence-corrected chi connectivity index (χ3v) is 11.4. The lowest BCUT2D eigenvalue weighted by Crippen LogP contribution is -2.30. The number of hydrogen-bond acceptors (Lipinski definition) is 6. The van der Waals surface area contributed by atoms with Crippen molar-refractivity contribution in [2.24, 2.45) is 0 Å². The zero-order valence-corrected chi connectivity index (χ0v) is 42.5. The van der Waals surface area contributed by atoms with Gasteiger partial charge in [-0.3, -0.25) is 14.4 Å². The highest BCUT2D eigenvalue weighted by atomic mass is 16.6. The van der Waals surface area contributed by atoms with Crippen LogP contribution in [0.2, 0.25) is 0 Å². The summed E-state index contributed by atoms with van der Waals surface area (Å²) in [5.74, 6) is -1.04. The molecule has 65 heavy (non-hydrogen) atoms. The first-order valence-corrected chi connectivity index (χ1v) is 27.1. The van der Waals surface area contributed by atoms with Crippen molar-refractivity contribution < 1.29 is 28.6 Å². The van der Waals surface area contributed by atoms with Gasteiger partial charge in [-0.05, 0) is 77.0 Å². The second-order valence-corrected chi connectivity index (χ2v) is 17.8. The van der Waals surface area contributed by atoms with Crippen molar-refractivity contribution in [3.05, 3.63) is 85.1 Å². The lowest BCUT2D eigenvalue weighted by Gasteiger charge is -2.18. The van der Waals surface area contributed by atoms with Crippen LogP contribution in [0.3, 0.4) is 0 Å². The molecule has 6 heteroatoms. The fourth-order valence-electron chi connectivity index (χ4n) is 7.35. The lowest BCUT2D eigenvalue weighted by molar-refractivity contribution is -0.166. The van der Waals surface area contributed by atoms with E-state index in [9.17, 15) is 14.4 Å². The van der Waals surface area contributed by atoms with Gasteiger partial charge in [-0.15, -0.1) is 0 Å². The minimum atomic E-state index is -0.820. The summed E-state index contributed by atoms with van der Waals surface area (Å²) in [5.41, 5.74) is 0. The quantitative estimate of drug-likeness (QED) is 0.0262. The van der Waals surface area contributed by atoms with Crippen LogP contribution in [0, 0.1) is 0 Å². The van der Waals surface area contributed by atoms with Crippen LogP contribution in [0.4, 0.5) is 0 Å². The summed E-state index contributed by atoms with van der Waals surface area (Å²) < 4.78 is 16.7. The highest BCUT2D eigenvalue weighted by Gasteiger charge is 2.19. The first-order chi connectivity index (χ1) is 32.0. The average molecular weight is 905 g/mol. The number of ether oxygens (including phenoxy) is 3. The fourth-order valence-corrected chi connectivity index (χ4v) is 7.35. The molecule has 0 fully saturated rings. The molecule has 0 aromatic carbocycles. The van der Waals surface area contributed by atoms with Gasteiger partial charge in [0.25, 0.3) is 0 Å². The van der Waals surface area contributed by atoms with Gasteiger partial charge in [0.05, 0.1) is 0 Å². The van der Waals surface area contributed by atoms with E-state index < -0.39 is 6.10 Å². The van der Waals surface area contributed by atoms with Gasteiger partial charge in [-0.25, -0.2) is 0 Å². The van der Waals surface area contributed by atoms with Gasteiger partial charge in [0.15, 0.2) is 6.10 Å². The van der Waals surface area contributed by atoms with Gasteiger partial charge in [0.2, 0.25) is 0 Å². The molecular formula is C59H100O6. The Morgan fingerprint density at radius 3 is 1.08 bits per heavy atom. The summed E-state index contributed by atoms with van der Waals surface area (Å²) in [6, 6.07) is 0. The van der Waals surface area contributed by atoms with Gasteiger partial charge < -0.3 is 14.2 Å². The highest BCUT2D eigenvalue weighted by molar-refractivity contribution is 5.71. The molecule has 372 valence electrons. The molecular weight excluding hydrogens is 805 g/mol. The van der Waals surface area contributed by atoms with Crippen LogP contribution in [-0.2, 0) is 28.6 Å². The Bertz CT molecular complexity index is 1270. The molecule has 0 aliphatic heterocycles. The molecule has 0 bridgehead atoms. The normalized spacial score (nSPS) is 12.7. The molecule has 0 saturated heterocycles. The molecule has 0 aliphatic carbocycles. The molecule has 0 saturated carbocycles. The van der Waals surface area contributed by atoms with Gasteiger partial charge in [-0.1, -0.05) is 241 Å². The number of esters is 3. The Morgan fingerprint density at radius 2 is 0.646 bits per heavy atom. The van der Waals surface area contributed by atoms with Crippen LogP contribution in [0.25, 0.3) is 0 Å². The Kier molecular flexibility index (Phi) is 50.4. The maximum atomic E-state index is 12.8. The predicted octanol–water partition coefficient (Wildman–Crippen LogP) is 18.0. The standard InChI is InChI=1S/C59H100O6/c1-4-7-10-13-16-19-22-25-27-29-31-34-37-40-43-46-49-52-58(61)64-55-56(54-63-57(60)51-48-45-42-39-36-33-24-21-18-15-12-9-6-3)65-59(62)53-50-47-44-41-38-35-32-30-28-26-23-20-17-14-11-8-5-2/h7,10,16,19,25,27,31,33-34,36,40,42-43,45,56H,4-6,8-9,11-15,17-18,20-24,26,28-30,32,35,37-39,41,44,46-55H2,1-3H3/b10-7-,19-16-,27-25-,34-31-,36-33-,43-40-,45-42-. The van der Waals surface area contributed by atoms with E-state index in [4.69, 9.17) is 14.2 Å². The van der Waals surface area contributed by atoms with Crippen molar-refractivity contribution >= 4 is 17.9 Å². The third kappa shape index (κ3) is 51.4. The van der Waals surface area contributed by atoms with Crippen LogP contribution >= 0.6 is 0 Å². The highest BCUT2D eigenvalue weighted by Crippen LogP contribution is 2.15. The maximum Gasteiger partial charge on any atom is 0.306 e. The van der Waals surface area contributed by atoms with E-state index in [0.717, 1.165) is 70.6 Å². The van der Waals surface area contributed by atoms with Crippen molar-refractivity contribution in [1.29, 1.82) is 0 Å². The van der Waals surface area contributed by atoms with E-state index in [2.05, 4.69) is 99.8 Å². The number of rotatable bonds is 48. The van der Waals surface area contributed by atoms with Gasteiger partial charge >= 0.3 is 17.9 Å². The number of carbonyl (C=O) groups is 3. The Hall–Kier alpha value is -3.41. The largest absolute Gasteiger partial charge is 0.462 e. The van der Waals surface area contributed by atoms with E-state index in [1.165, 1.54) is 128 Å². The summed E-state index contributed by atoms with van der Waals surface area (Å²) in [7, 11) is 0. The van der Waals surface area contributed by atoms with Gasteiger partial charge in [0, 0.05) is 19.3 Å². The first kappa shape index (κ1) is 61.6. The summed E-state index contributed by atoms with van der Waals surface area (Å²) in [6.45, 7) is 6.43. The fraction of sp³-hybridized carbons (Fsp3) is 0.712. The smallest absolute Gasteiger partial charge is 0.306 e. The zero-order chi connectivity index (χ0) is 47.2. The van der Waals surface area contributed by atoms with Gasteiger partial charge in [-0.2, -0.15) is 0 Å². The minimum Gasteiger partial charge on any atom is -0.462 e. The van der Waals surface area contributed by atoms with Crippen LogP contribution in [0.1, 0.15) is 252 Å². The SMILES string of the molecule is CC/C=C\C/C=C\C/C=C\C/C=C\C/C=C\CCCC(=O)OCC(COC(=O)CC/C=C\C/C=C\CCCCCCCC)OC(=O)CCCCCCCCCCCCCCCCCCC. The van der Waals surface area contributed by atoms with E-state index in [1.807, 2.05) is 6.08 Å². The zero-order valence-electron chi connectivity index (χ0n) is 42.5. The minimum absolute atomic E-state index is 0.121. The van der Waals surface area contributed by atoms with E-state index in [-0.39, 0.29) is 44.0 Å². The van der Waals surface area contributed by atoms with Crippen LogP contribution < -0.4 is 0 Å². The topological polar surface area (TPSA) is 78.9 Å². The molecule has 0 spiro atoms. The third-order valence-electron chi connectivity index (χ3n) is 11.4. The molecule has 0 heterocycles. The number of allylic oxidation sites excluding steroid dienone is 14. The van der Waals surface area contributed by atoms with E-state index >= 15 is 0 Å². The van der Waals surface area contributed by atoms with Gasteiger partial charge in [0.1, 0.15) is 13.2 Å². The summed E-state index contributed by atoms with van der Waals surface area (Å²) in [6.07, 6.45) is 68.7. The van der Waals surface area contributed by atoms with E-state index in [1.54, 1.807) is 0 Å². The summed E-state index contributed by atoms with van der Waals surface area (Å²) in [5, 5.41) is 0. The molecule has 0 radical (unpaired) electrons. The lowest BCUT2D eigenvalue weighted by atomic mass is 10.0. The molecule has 0 amide bonds. The molecule has 1 unspecified atom stereocenters. The second kappa shape index (κ2) is 53.2. The van der Waals surface area contributed by atoms with Crippen molar-refractivity contribution in [2.75, 3.05) is 13.2 Å². The molecule has 6 nitrogen and oxygen atoms in total. The molecule has 1 atom stereocenters. The number of unbranched alkanes of at least 4 members (excludes halogenated alkanes) is 23. The molecule has 0 aromatic rings. The number of hydrogen-bond donors (Lipinski definition) is 0.